The predicted molar refractivity (Wildman–Crippen MR) is 88.7 cm³/mol. The van der Waals surface area contributed by atoms with E-state index in [-0.39, 0.29) is 0 Å². The van der Waals surface area contributed by atoms with E-state index in [0.717, 1.165) is 31.8 Å². The van der Waals surface area contributed by atoms with E-state index in [1.54, 1.807) is 6.33 Å². The van der Waals surface area contributed by atoms with Crippen molar-refractivity contribution < 1.29 is 0 Å². The molecule has 21 heavy (non-hydrogen) atoms. The highest BCUT2D eigenvalue weighted by Crippen LogP contribution is 2.14. The van der Waals surface area contributed by atoms with Gasteiger partial charge in [-0.2, -0.15) is 5.10 Å². The van der Waals surface area contributed by atoms with Crippen molar-refractivity contribution in [2.45, 2.75) is 58.5 Å². The van der Waals surface area contributed by atoms with Crippen molar-refractivity contribution in [2.24, 2.45) is 0 Å². The molecule has 5 heteroatoms. The number of aryl methyl sites for hydroxylation is 2. The zero-order valence-electron chi connectivity index (χ0n) is 13.1. The van der Waals surface area contributed by atoms with Crippen LogP contribution in [0.4, 0.5) is 0 Å². The number of rotatable bonds is 10. The van der Waals surface area contributed by atoms with Crippen molar-refractivity contribution in [1.29, 1.82) is 0 Å². The van der Waals surface area contributed by atoms with E-state index in [0.29, 0.717) is 6.04 Å². The Balaban J connectivity index is 1.84. The molecule has 2 heterocycles. The molecule has 0 radical (unpaired) electrons. The summed E-state index contributed by atoms with van der Waals surface area (Å²) in [4.78, 5) is 5.91. The lowest BCUT2D eigenvalue weighted by molar-refractivity contribution is 0.451. The first-order valence-electron chi connectivity index (χ1n) is 7.96. The van der Waals surface area contributed by atoms with Crippen LogP contribution in [0.1, 0.15) is 43.8 Å². The largest absolute Gasteiger partial charge is 0.314 e. The van der Waals surface area contributed by atoms with Crippen molar-refractivity contribution >= 4 is 11.3 Å². The molecule has 0 saturated carbocycles. The monoisotopic (exact) mass is 306 g/mol. The first kappa shape index (κ1) is 16.2. The lowest BCUT2D eigenvalue weighted by atomic mass is 10.1. The van der Waals surface area contributed by atoms with Gasteiger partial charge in [0.15, 0.2) is 0 Å². The molecule has 0 aromatic carbocycles. The van der Waals surface area contributed by atoms with E-state index in [1.807, 2.05) is 16.0 Å². The van der Waals surface area contributed by atoms with Crippen LogP contribution < -0.4 is 5.32 Å². The zero-order chi connectivity index (χ0) is 14.9. The second-order valence-electron chi connectivity index (χ2n) is 5.33. The van der Waals surface area contributed by atoms with Crippen molar-refractivity contribution in [3.8, 4) is 0 Å². The van der Waals surface area contributed by atoms with Crippen molar-refractivity contribution in [3.63, 3.8) is 0 Å². The van der Waals surface area contributed by atoms with Crippen LogP contribution in [0.5, 0.6) is 0 Å². The summed E-state index contributed by atoms with van der Waals surface area (Å²) in [5, 5.41) is 10.1. The van der Waals surface area contributed by atoms with Crippen LogP contribution in [0.25, 0.3) is 0 Å². The maximum absolute atomic E-state index is 4.43. The molecule has 1 N–H and O–H groups in total. The minimum Gasteiger partial charge on any atom is -0.314 e. The number of aromatic nitrogens is 3. The highest BCUT2D eigenvalue weighted by atomic mass is 32.1. The van der Waals surface area contributed by atoms with Crippen LogP contribution in [0, 0.1) is 0 Å². The van der Waals surface area contributed by atoms with Gasteiger partial charge in [0.05, 0.1) is 0 Å². The smallest absolute Gasteiger partial charge is 0.138 e. The second-order valence-corrected chi connectivity index (χ2v) is 6.36. The van der Waals surface area contributed by atoms with Gasteiger partial charge in [-0.3, -0.25) is 4.68 Å². The maximum Gasteiger partial charge on any atom is 0.138 e. The van der Waals surface area contributed by atoms with Crippen LogP contribution in [-0.4, -0.2) is 27.4 Å². The van der Waals surface area contributed by atoms with E-state index in [4.69, 9.17) is 0 Å². The maximum atomic E-state index is 4.43. The molecule has 2 aromatic rings. The molecule has 0 aliphatic rings. The molecule has 2 aromatic heterocycles. The fourth-order valence-electron chi connectivity index (χ4n) is 2.61. The number of hydrogen-bond donors (Lipinski definition) is 1. The lowest BCUT2D eigenvalue weighted by Gasteiger charge is -2.17. The number of nitrogens with zero attached hydrogens (tertiary/aromatic N) is 3. The zero-order valence-corrected chi connectivity index (χ0v) is 13.9. The minimum absolute atomic E-state index is 0.495. The number of likely N-dealkylation sites (N-methyl/N-ethyl adjacent to an activating group) is 1. The van der Waals surface area contributed by atoms with Crippen LogP contribution in [0.2, 0.25) is 0 Å². The van der Waals surface area contributed by atoms with E-state index in [1.165, 1.54) is 24.1 Å². The van der Waals surface area contributed by atoms with Gasteiger partial charge in [-0.1, -0.05) is 19.9 Å². The highest BCUT2D eigenvalue weighted by Gasteiger charge is 2.13. The third kappa shape index (κ3) is 5.25. The molecule has 0 aliphatic carbocycles. The van der Waals surface area contributed by atoms with E-state index in [9.17, 15) is 0 Å². The summed E-state index contributed by atoms with van der Waals surface area (Å²) in [6, 6.07) is 4.86. The molecule has 0 saturated heterocycles. The summed E-state index contributed by atoms with van der Waals surface area (Å²) in [6.07, 6.45) is 7.34. The fourth-order valence-corrected chi connectivity index (χ4v) is 3.36. The summed E-state index contributed by atoms with van der Waals surface area (Å²) in [5.74, 6) is 1.11. The normalized spacial score (nSPS) is 12.7. The number of hydrogen-bond acceptors (Lipinski definition) is 4. The van der Waals surface area contributed by atoms with Gasteiger partial charge in [-0.15, -0.1) is 11.3 Å². The van der Waals surface area contributed by atoms with Crippen LogP contribution in [0.3, 0.4) is 0 Å². The van der Waals surface area contributed by atoms with Gasteiger partial charge < -0.3 is 5.32 Å². The Labute approximate surface area is 131 Å². The molecule has 0 amide bonds. The molecule has 1 atom stereocenters. The van der Waals surface area contributed by atoms with Gasteiger partial charge in [-0.05, 0) is 43.7 Å². The SMILES string of the molecule is CCCn1ncnc1CC(CCCc1cccs1)NCC. The Hall–Kier alpha value is -1.20. The Kier molecular flexibility index (Phi) is 6.89. The van der Waals surface area contributed by atoms with Gasteiger partial charge in [0.1, 0.15) is 12.2 Å². The molecule has 0 fully saturated rings. The highest BCUT2D eigenvalue weighted by molar-refractivity contribution is 7.09. The third-order valence-corrected chi connectivity index (χ3v) is 4.54. The second kappa shape index (κ2) is 8.95. The molecule has 0 spiro atoms. The Morgan fingerprint density at radius 1 is 1.38 bits per heavy atom. The van der Waals surface area contributed by atoms with Gasteiger partial charge in [0.25, 0.3) is 0 Å². The summed E-state index contributed by atoms with van der Waals surface area (Å²) in [7, 11) is 0. The molecular weight excluding hydrogens is 280 g/mol. The first-order chi connectivity index (χ1) is 10.3. The van der Waals surface area contributed by atoms with Crippen molar-refractivity contribution in [1.82, 2.24) is 20.1 Å². The van der Waals surface area contributed by atoms with Crippen LogP contribution >= 0.6 is 11.3 Å². The number of nitrogens with one attached hydrogen (secondary N) is 1. The van der Waals surface area contributed by atoms with Gasteiger partial charge >= 0.3 is 0 Å². The van der Waals surface area contributed by atoms with E-state index < -0.39 is 0 Å². The summed E-state index contributed by atoms with van der Waals surface area (Å²) >= 11 is 1.86. The molecule has 1 unspecified atom stereocenters. The van der Waals surface area contributed by atoms with Gasteiger partial charge in [-0.25, -0.2) is 4.98 Å². The minimum atomic E-state index is 0.495. The van der Waals surface area contributed by atoms with Crippen molar-refractivity contribution in [2.75, 3.05) is 6.54 Å². The quantitative estimate of drug-likeness (QED) is 0.732. The molecule has 0 bridgehead atoms. The average molecular weight is 306 g/mol. The summed E-state index contributed by atoms with van der Waals surface area (Å²) in [6.45, 7) is 6.31. The Bertz CT molecular complexity index is 492. The molecular formula is C16H26N4S. The fraction of sp³-hybridized carbons (Fsp3) is 0.625. The standard InChI is InChI=1S/C16H26N4S/c1-3-10-20-16(18-13-19-20)12-14(17-4-2)7-5-8-15-9-6-11-21-15/h6,9,11,13-14,17H,3-5,7-8,10,12H2,1-2H3. The van der Waals surface area contributed by atoms with Gasteiger partial charge in [0.2, 0.25) is 0 Å². The molecule has 0 aliphatic heterocycles. The Morgan fingerprint density at radius 2 is 2.29 bits per heavy atom. The summed E-state index contributed by atoms with van der Waals surface area (Å²) in [5.41, 5.74) is 0. The average Bonchev–Trinajstić information content (AvgIpc) is 3.12. The van der Waals surface area contributed by atoms with E-state index in [2.05, 4.69) is 46.8 Å². The Morgan fingerprint density at radius 3 is 3.00 bits per heavy atom. The predicted octanol–water partition coefficient (Wildman–Crippen LogP) is 3.29. The van der Waals surface area contributed by atoms with Crippen LogP contribution in [0.15, 0.2) is 23.8 Å². The topological polar surface area (TPSA) is 42.7 Å². The summed E-state index contributed by atoms with van der Waals surface area (Å²) < 4.78 is 2.05. The van der Waals surface area contributed by atoms with Crippen LogP contribution in [-0.2, 0) is 19.4 Å². The first-order valence-corrected chi connectivity index (χ1v) is 8.83. The third-order valence-electron chi connectivity index (χ3n) is 3.61. The molecule has 116 valence electrons. The number of thiophene rings is 1. The van der Waals surface area contributed by atoms with Gasteiger partial charge in [0, 0.05) is 23.9 Å². The lowest BCUT2D eigenvalue weighted by Crippen LogP contribution is -2.32. The molecule has 4 nitrogen and oxygen atoms in total. The molecule has 2 rings (SSSR count). The van der Waals surface area contributed by atoms with E-state index >= 15 is 0 Å². The van der Waals surface area contributed by atoms with Crippen molar-refractivity contribution in [3.05, 3.63) is 34.5 Å².